The van der Waals surface area contributed by atoms with Crippen LogP contribution in [0.2, 0.25) is 0 Å². The Bertz CT molecular complexity index is 594. The normalized spacial score (nSPS) is 16.8. The topological polar surface area (TPSA) is 49.0 Å². The van der Waals surface area contributed by atoms with Crippen LogP contribution in [0.5, 0.6) is 0 Å². The predicted octanol–water partition coefficient (Wildman–Crippen LogP) is 3.38. The van der Waals surface area contributed by atoms with E-state index in [2.05, 4.69) is 59.3 Å². The van der Waals surface area contributed by atoms with Gasteiger partial charge in [-0.05, 0) is 37.1 Å². The number of fused-ring (bicyclic) bond motifs is 1. The molecule has 0 aliphatic carbocycles. The average molecular weight is 254 g/mol. The summed E-state index contributed by atoms with van der Waals surface area (Å²) in [5.41, 5.74) is 11.1. The Morgan fingerprint density at radius 3 is 3.05 bits per heavy atom. The van der Waals surface area contributed by atoms with Gasteiger partial charge in [-0.2, -0.15) is 0 Å². The number of hydrogen-bond donors (Lipinski definition) is 3. The van der Waals surface area contributed by atoms with Crippen molar-refractivity contribution in [2.24, 2.45) is 0 Å². The Balaban J connectivity index is 1.93. The third-order valence-corrected chi connectivity index (χ3v) is 3.44. The van der Waals surface area contributed by atoms with Gasteiger partial charge in [0.2, 0.25) is 0 Å². The van der Waals surface area contributed by atoms with Gasteiger partial charge in [-0.3, -0.25) is 0 Å². The summed E-state index contributed by atoms with van der Waals surface area (Å²) < 4.78 is 0. The quantitative estimate of drug-likeness (QED) is 0.786. The second-order valence-corrected chi connectivity index (χ2v) is 4.79. The van der Waals surface area contributed by atoms with E-state index in [1.807, 2.05) is 12.3 Å². The number of benzene rings is 1. The molecular formula is C15H18N4. The van der Waals surface area contributed by atoms with Crippen molar-refractivity contribution in [3.05, 3.63) is 47.7 Å². The first-order valence-corrected chi connectivity index (χ1v) is 6.64. The number of hydrazine groups is 1. The van der Waals surface area contributed by atoms with Crippen LogP contribution in [0.4, 0.5) is 17.2 Å². The van der Waals surface area contributed by atoms with E-state index in [0.717, 1.165) is 23.6 Å². The van der Waals surface area contributed by atoms with E-state index in [9.17, 15) is 0 Å². The van der Waals surface area contributed by atoms with Crippen LogP contribution in [0.15, 0.2) is 36.5 Å². The van der Waals surface area contributed by atoms with Gasteiger partial charge in [0.1, 0.15) is 5.82 Å². The Morgan fingerprint density at radius 1 is 1.32 bits per heavy atom. The molecule has 1 aliphatic heterocycles. The maximum Gasteiger partial charge on any atom is 0.137 e. The van der Waals surface area contributed by atoms with Gasteiger partial charge in [-0.25, -0.2) is 10.4 Å². The van der Waals surface area contributed by atoms with Gasteiger partial charge >= 0.3 is 0 Å². The Morgan fingerprint density at radius 2 is 2.21 bits per heavy atom. The lowest BCUT2D eigenvalue weighted by Crippen LogP contribution is -2.15. The maximum atomic E-state index is 4.46. The van der Waals surface area contributed by atoms with Crippen molar-refractivity contribution in [2.45, 2.75) is 26.3 Å². The number of rotatable bonds is 3. The first-order valence-electron chi connectivity index (χ1n) is 6.64. The number of anilines is 3. The molecule has 0 spiro atoms. The molecule has 0 fully saturated rings. The third-order valence-electron chi connectivity index (χ3n) is 3.44. The summed E-state index contributed by atoms with van der Waals surface area (Å²) in [5.74, 6) is 0.913. The minimum Gasteiger partial charge on any atom is -0.340 e. The standard InChI is InChI=1S/C15H18N4/c1-3-11-5-4-6-12(9-11)17-15-14-10(2)18-19-13(14)7-8-16-15/h4-10,18-19H,3H2,1-2H3,(H,16,17). The molecule has 4 nitrogen and oxygen atoms in total. The van der Waals surface area contributed by atoms with Crippen molar-refractivity contribution >= 4 is 17.2 Å². The highest BCUT2D eigenvalue weighted by molar-refractivity contribution is 5.70. The van der Waals surface area contributed by atoms with E-state index in [4.69, 9.17) is 0 Å². The first-order chi connectivity index (χ1) is 9.28. The molecule has 98 valence electrons. The molecule has 1 aromatic carbocycles. The first kappa shape index (κ1) is 12.0. The number of hydrogen-bond acceptors (Lipinski definition) is 4. The van der Waals surface area contributed by atoms with Crippen LogP contribution < -0.4 is 16.2 Å². The molecule has 1 atom stereocenters. The fourth-order valence-electron chi connectivity index (χ4n) is 2.38. The molecule has 4 heteroatoms. The summed E-state index contributed by atoms with van der Waals surface area (Å²) >= 11 is 0. The van der Waals surface area contributed by atoms with Crippen LogP contribution in [0.25, 0.3) is 0 Å². The van der Waals surface area contributed by atoms with E-state index in [1.54, 1.807) is 0 Å². The summed E-state index contributed by atoms with van der Waals surface area (Å²) in [4.78, 5) is 4.46. The second-order valence-electron chi connectivity index (χ2n) is 4.79. The molecule has 0 bridgehead atoms. The lowest BCUT2D eigenvalue weighted by molar-refractivity contribution is 0.687. The highest BCUT2D eigenvalue weighted by Crippen LogP contribution is 2.34. The van der Waals surface area contributed by atoms with Gasteiger partial charge in [-0.15, -0.1) is 0 Å². The van der Waals surface area contributed by atoms with Crippen LogP contribution in [-0.4, -0.2) is 4.98 Å². The molecule has 2 aromatic rings. The molecule has 0 amide bonds. The third kappa shape index (κ3) is 2.27. The second kappa shape index (κ2) is 4.90. The van der Waals surface area contributed by atoms with E-state index in [-0.39, 0.29) is 6.04 Å². The number of nitrogens with zero attached hydrogens (tertiary/aromatic N) is 1. The van der Waals surface area contributed by atoms with Crippen molar-refractivity contribution < 1.29 is 0 Å². The summed E-state index contributed by atoms with van der Waals surface area (Å²) in [5, 5.41) is 3.42. The molecule has 0 saturated carbocycles. The highest BCUT2D eigenvalue weighted by Gasteiger charge is 2.21. The molecule has 3 N–H and O–H groups in total. The molecule has 0 saturated heterocycles. The Labute approximate surface area is 113 Å². The molecular weight excluding hydrogens is 236 g/mol. The smallest absolute Gasteiger partial charge is 0.137 e. The highest BCUT2D eigenvalue weighted by atomic mass is 15.4. The van der Waals surface area contributed by atoms with Crippen LogP contribution in [0.1, 0.15) is 31.0 Å². The number of pyridine rings is 1. The molecule has 19 heavy (non-hydrogen) atoms. The largest absolute Gasteiger partial charge is 0.340 e. The molecule has 0 radical (unpaired) electrons. The van der Waals surface area contributed by atoms with Gasteiger partial charge in [0.05, 0.1) is 11.7 Å². The van der Waals surface area contributed by atoms with Crippen LogP contribution in [-0.2, 0) is 6.42 Å². The van der Waals surface area contributed by atoms with Gasteiger partial charge in [0, 0.05) is 17.4 Å². The van der Waals surface area contributed by atoms with Crippen LogP contribution in [0.3, 0.4) is 0 Å². The summed E-state index contributed by atoms with van der Waals surface area (Å²) in [6.07, 6.45) is 2.85. The van der Waals surface area contributed by atoms with Gasteiger partial charge in [-0.1, -0.05) is 19.1 Å². The fourth-order valence-corrected chi connectivity index (χ4v) is 2.38. The van der Waals surface area contributed by atoms with Gasteiger partial charge in [0.15, 0.2) is 0 Å². The molecule has 1 aromatic heterocycles. The molecule has 3 rings (SSSR count). The Hall–Kier alpha value is -2.07. The monoisotopic (exact) mass is 254 g/mol. The average Bonchev–Trinajstić information content (AvgIpc) is 2.82. The maximum absolute atomic E-state index is 4.46. The van der Waals surface area contributed by atoms with Crippen molar-refractivity contribution in [3.63, 3.8) is 0 Å². The van der Waals surface area contributed by atoms with E-state index >= 15 is 0 Å². The molecule has 1 unspecified atom stereocenters. The zero-order valence-electron chi connectivity index (χ0n) is 11.2. The number of aryl methyl sites for hydroxylation is 1. The lowest BCUT2D eigenvalue weighted by Gasteiger charge is -2.12. The van der Waals surface area contributed by atoms with Crippen molar-refractivity contribution in [3.8, 4) is 0 Å². The number of nitrogens with one attached hydrogen (secondary N) is 3. The van der Waals surface area contributed by atoms with E-state index < -0.39 is 0 Å². The molecule has 2 heterocycles. The lowest BCUT2D eigenvalue weighted by atomic mass is 10.1. The zero-order valence-corrected chi connectivity index (χ0v) is 11.2. The van der Waals surface area contributed by atoms with E-state index in [1.165, 1.54) is 11.1 Å². The van der Waals surface area contributed by atoms with Crippen LogP contribution in [0, 0.1) is 0 Å². The van der Waals surface area contributed by atoms with Gasteiger partial charge < -0.3 is 10.7 Å². The zero-order chi connectivity index (χ0) is 13.2. The van der Waals surface area contributed by atoms with Crippen molar-refractivity contribution in [2.75, 3.05) is 10.7 Å². The predicted molar refractivity (Wildman–Crippen MR) is 78.5 cm³/mol. The Kier molecular flexibility index (Phi) is 3.09. The van der Waals surface area contributed by atoms with Crippen LogP contribution >= 0.6 is 0 Å². The summed E-state index contributed by atoms with van der Waals surface area (Å²) in [7, 11) is 0. The van der Waals surface area contributed by atoms with Crippen molar-refractivity contribution in [1.29, 1.82) is 0 Å². The van der Waals surface area contributed by atoms with Crippen molar-refractivity contribution in [1.82, 2.24) is 10.4 Å². The SMILES string of the molecule is CCc1cccc(Nc2nccc3c2C(C)NN3)c1. The molecule has 1 aliphatic rings. The van der Waals surface area contributed by atoms with Gasteiger partial charge in [0.25, 0.3) is 0 Å². The minimum absolute atomic E-state index is 0.251. The summed E-state index contributed by atoms with van der Waals surface area (Å²) in [6, 6.07) is 10.7. The minimum atomic E-state index is 0.251. The summed E-state index contributed by atoms with van der Waals surface area (Å²) in [6.45, 7) is 4.28. The fraction of sp³-hybridized carbons (Fsp3) is 0.267. The number of aromatic nitrogens is 1. The van der Waals surface area contributed by atoms with E-state index in [0.29, 0.717) is 0 Å².